The van der Waals surface area contributed by atoms with Crippen LogP contribution in [-0.4, -0.2) is 10.3 Å². The standard InChI is InChI=1S/C9H12ClNO2/c1-2-6-3-7(5-11-13)9(12)8(10)4-6/h3-4,11-13H,2,5H2,1H3. The van der Waals surface area contributed by atoms with Crippen molar-refractivity contribution in [2.24, 2.45) is 0 Å². The fraction of sp³-hybridized carbons (Fsp3) is 0.333. The highest BCUT2D eigenvalue weighted by Crippen LogP contribution is 2.29. The zero-order valence-electron chi connectivity index (χ0n) is 7.34. The molecule has 0 atom stereocenters. The van der Waals surface area contributed by atoms with Gasteiger partial charge in [-0.15, -0.1) is 0 Å². The third-order valence-corrected chi connectivity index (χ3v) is 2.17. The smallest absolute Gasteiger partial charge is 0.138 e. The summed E-state index contributed by atoms with van der Waals surface area (Å²) in [5.74, 6) is 0.0282. The minimum Gasteiger partial charge on any atom is -0.506 e. The number of aryl methyl sites for hydroxylation is 1. The van der Waals surface area contributed by atoms with Crippen LogP contribution in [0.4, 0.5) is 0 Å². The van der Waals surface area contributed by atoms with E-state index in [1.165, 1.54) is 0 Å². The number of nitrogens with one attached hydrogen (secondary N) is 1. The predicted molar refractivity (Wildman–Crippen MR) is 51.1 cm³/mol. The summed E-state index contributed by atoms with van der Waals surface area (Å²) in [6.07, 6.45) is 0.846. The van der Waals surface area contributed by atoms with Crippen molar-refractivity contribution >= 4 is 11.6 Å². The van der Waals surface area contributed by atoms with E-state index in [-0.39, 0.29) is 12.3 Å². The Bertz CT molecular complexity index is 302. The summed E-state index contributed by atoms with van der Waals surface area (Å²) in [6, 6.07) is 3.53. The summed E-state index contributed by atoms with van der Waals surface area (Å²) in [7, 11) is 0. The van der Waals surface area contributed by atoms with Gasteiger partial charge in [-0.1, -0.05) is 24.6 Å². The maximum Gasteiger partial charge on any atom is 0.138 e. The van der Waals surface area contributed by atoms with Crippen LogP contribution in [0.25, 0.3) is 0 Å². The molecule has 1 aromatic carbocycles. The average molecular weight is 202 g/mol. The van der Waals surface area contributed by atoms with Gasteiger partial charge in [0.2, 0.25) is 0 Å². The summed E-state index contributed by atoms with van der Waals surface area (Å²) in [5.41, 5.74) is 3.62. The Balaban J connectivity index is 3.09. The number of benzene rings is 1. The molecule has 4 heteroatoms. The van der Waals surface area contributed by atoms with E-state index >= 15 is 0 Å². The molecule has 0 fully saturated rings. The molecule has 3 nitrogen and oxygen atoms in total. The number of rotatable bonds is 3. The molecule has 0 spiro atoms. The van der Waals surface area contributed by atoms with E-state index in [2.05, 4.69) is 0 Å². The quantitative estimate of drug-likeness (QED) is 0.657. The highest BCUT2D eigenvalue weighted by atomic mass is 35.5. The molecule has 0 unspecified atom stereocenters. The minimum absolute atomic E-state index is 0.0282. The summed E-state index contributed by atoms with van der Waals surface area (Å²) in [4.78, 5) is 0. The lowest BCUT2D eigenvalue weighted by atomic mass is 10.1. The maximum absolute atomic E-state index is 9.47. The van der Waals surface area contributed by atoms with Gasteiger partial charge in [-0.25, -0.2) is 5.48 Å². The van der Waals surface area contributed by atoms with Crippen LogP contribution in [0.5, 0.6) is 5.75 Å². The van der Waals surface area contributed by atoms with Crippen LogP contribution < -0.4 is 5.48 Å². The molecule has 0 bridgehead atoms. The van der Waals surface area contributed by atoms with Gasteiger partial charge in [0.25, 0.3) is 0 Å². The summed E-state index contributed by atoms with van der Waals surface area (Å²) in [6.45, 7) is 2.19. The van der Waals surface area contributed by atoms with Gasteiger partial charge in [-0.05, 0) is 18.1 Å². The van der Waals surface area contributed by atoms with Crippen LogP contribution in [0.2, 0.25) is 5.02 Å². The van der Waals surface area contributed by atoms with Crippen LogP contribution in [0, 0.1) is 0 Å². The van der Waals surface area contributed by atoms with Crippen LogP contribution >= 0.6 is 11.6 Å². The first-order valence-corrected chi connectivity index (χ1v) is 4.44. The number of phenolic OH excluding ortho intramolecular Hbond substituents is 1. The second-order valence-corrected chi connectivity index (χ2v) is 3.18. The SMILES string of the molecule is CCc1cc(Cl)c(O)c(CNO)c1. The molecule has 1 aromatic rings. The van der Waals surface area contributed by atoms with E-state index in [1.807, 2.05) is 18.5 Å². The van der Waals surface area contributed by atoms with Crippen molar-refractivity contribution in [1.82, 2.24) is 5.48 Å². The molecule has 0 radical (unpaired) electrons. The largest absolute Gasteiger partial charge is 0.506 e. The molecule has 3 N–H and O–H groups in total. The lowest BCUT2D eigenvalue weighted by Gasteiger charge is -2.07. The molecule has 0 aliphatic heterocycles. The van der Waals surface area contributed by atoms with Crippen molar-refractivity contribution in [1.29, 1.82) is 0 Å². The molecule has 1 rings (SSSR count). The van der Waals surface area contributed by atoms with E-state index < -0.39 is 0 Å². The van der Waals surface area contributed by atoms with Crippen molar-refractivity contribution in [2.75, 3.05) is 0 Å². The fourth-order valence-electron chi connectivity index (χ4n) is 1.14. The van der Waals surface area contributed by atoms with Gasteiger partial charge in [0, 0.05) is 12.1 Å². The first kappa shape index (κ1) is 10.3. The third kappa shape index (κ3) is 2.34. The normalized spacial score (nSPS) is 10.4. The Morgan fingerprint density at radius 3 is 2.69 bits per heavy atom. The topological polar surface area (TPSA) is 52.5 Å². The van der Waals surface area contributed by atoms with E-state index in [9.17, 15) is 5.11 Å². The van der Waals surface area contributed by atoms with E-state index in [1.54, 1.807) is 6.07 Å². The Morgan fingerprint density at radius 1 is 1.46 bits per heavy atom. The van der Waals surface area contributed by atoms with Gasteiger partial charge in [-0.3, -0.25) is 0 Å². The van der Waals surface area contributed by atoms with E-state index in [0.29, 0.717) is 10.6 Å². The molecular formula is C9H12ClNO2. The first-order chi connectivity index (χ1) is 6.19. The first-order valence-electron chi connectivity index (χ1n) is 4.06. The number of hydrogen-bond acceptors (Lipinski definition) is 3. The van der Waals surface area contributed by atoms with E-state index in [0.717, 1.165) is 12.0 Å². The molecule has 0 amide bonds. The molecule has 0 aromatic heterocycles. The van der Waals surface area contributed by atoms with Crippen molar-refractivity contribution in [3.63, 3.8) is 0 Å². The molecule has 0 aliphatic rings. The van der Waals surface area contributed by atoms with Gasteiger partial charge in [0.15, 0.2) is 0 Å². The fourth-order valence-corrected chi connectivity index (χ4v) is 1.40. The Kier molecular flexibility index (Phi) is 3.54. The minimum atomic E-state index is 0.0282. The number of phenols is 1. The number of hydroxylamine groups is 1. The maximum atomic E-state index is 9.47. The molecule has 13 heavy (non-hydrogen) atoms. The predicted octanol–water partition coefficient (Wildman–Crippen LogP) is 2.09. The second kappa shape index (κ2) is 4.46. The molecule has 0 saturated carbocycles. The van der Waals surface area contributed by atoms with Crippen molar-refractivity contribution in [3.05, 3.63) is 28.3 Å². The lowest BCUT2D eigenvalue weighted by Crippen LogP contribution is -2.06. The average Bonchev–Trinajstić information content (AvgIpc) is 2.13. The van der Waals surface area contributed by atoms with Gasteiger partial charge >= 0.3 is 0 Å². The highest BCUT2D eigenvalue weighted by Gasteiger charge is 2.06. The highest BCUT2D eigenvalue weighted by molar-refractivity contribution is 6.32. The Labute approximate surface area is 81.9 Å². The summed E-state index contributed by atoms with van der Waals surface area (Å²) >= 11 is 5.77. The van der Waals surface area contributed by atoms with Crippen LogP contribution in [0.15, 0.2) is 12.1 Å². The zero-order valence-corrected chi connectivity index (χ0v) is 8.10. The van der Waals surface area contributed by atoms with Crippen LogP contribution in [0.3, 0.4) is 0 Å². The Hall–Kier alpha value is -0.770. The van der Waals surface area contributed by atoms with Gasteiger partial charge in [-0.2, -0.15) is 0 Å². The van der Waals surface area contributed by atoms with Gasteiger partial charge in [0.1, 0.15) is 5.75 Å². The Morgan fingerprint density at radius 2 is 2.15 bits per heavy atom. The summed E-state index contributed by atoms with van der Waals surface area (Å²) < 4.78 is 0. The van der Waals surface area contributed by atoms with Crippen molar-refractivity contribution < 1.29 is 10.3 Å². The monoisotopic (exact) mass is 201 g/mol. The van der Waals surface area contributed by atoms with Gasteiger partial charge in [0.05, 0.1) is 5.02 Å². The van der Waals surface area contributed by atoms with Crippen molar-refractivity contribution in [2.45, 2.75) is 19.9 Å². The van der Waals surface area contributed by atoms with E-state index in [4.69, 9.17) is 16.8 Å². The molecule has 72 valence electrons. The molecule has 0 saturated heterocycles. The number of halogens is 1. The van der Waals surface area contributed by atoms with Gasteiger partial charge < -0.3 is 10.3 Å². The lowest BCUT2D eigenvalue weighted by molar-refractivity contribution is 0.160. The van der Waals surface area contributed by atoms with Crippen LogP contribution in [0.1, 0.15) is 18.1 Å². The number of aromatic hydroxyl groups is 1. The zero-order chi connectivity index (χ0) is 9.84. The molecular weight excluding hydrogens is 190 g/mol. The van der Waals surface area contributed by atoms with Crippen molar-refractivity contribution in [3.8, 4) is 5.75 Å². The summed E-state index contributed by atoms with van der Waals surface area (Å²) in [5, 5.41) is 18.3. The number of hydrogen-bond donors (Lipinski definition) is 3. The van der Waals surface area contributed by atoms with Crippen LogP contribution in [-0.2, 0) is 13.0 Å². The second-order valence-electron chi connectivity index (χ2n) is 2.77. The molecule has 0 heterocycles. The third-order valence-electron chi connectivity index (χ3n) is 1.88. The molecule has 0 aliphatic carbocycles.